The first-order chi connectivity index (χ1) is 14.1. The van der Waals surface area contributed by atoms with Gasteiger partial charge in [0, 0.05) is 22.7 Å². The van der Waals surface area contributed by atoms with E-state index in [0.717, 1.165) is 22.3 Å². The van der Waals surface area contributed by atoms with E-state index in [1.54, 1.807) is 40.2 Å². The van der Waals surface area contributed by atoms with Crippen LogP contribution in [0.5, 0.6) is 23.0 Å². The zero-order valence-electron chi connectivity index (χ0n) is 17.0. The first kappa shape index (κ1) is 20.9. The number of rotatable bonds is 6. The standard InChI is InChI=1S/C23H24O5S/c1-25-19-7-5-15(11-21(19)27-3)9-17-13-29-14-18(23(17)24)10-16-6-8-20(26-2)22(12-16)28-4/h5-12H,13-14H2,1-4H3/b17-9-,18-10+. The minimum atomic E-state index is 0.0633. The summed E-state index contributed by atoms with van der Waals surface area (Å²) in [5, 5.41) is 0. The van der Waals surface area contributed by atoms with Crippen molar-refractivity contribution >= 4 is 29.7 Å². The van der Waals surface area contributed by atoms with Gasteiger partial charge in [-0.3, -0.25) is 4.79 Å². The van der Waals surface area contributed by atoms with Crippen LogP contribution in [-0.2, 0) is 4.79 Å². The monoisotopic (exact) mass is 412 g/mol. The molecule has 0 spiro atoms. The molecule has 1 fully saturated rings. The highest BCUT2D eigenvalue weighted by Gasteiger charge is 2.21. The number of ketones is 1. The maximum Gasteiger partial charge on any atom is 0.186 e. The smallest absolute Gasteiger partial charge is 0.186 e. The molecule has 0 bridgehead atoms. The van der Waals surface area contributed by atoms with Gasteiger partial charge in [0.25, 0.3) is 0 Å². The third-order valence-electron chi connectivity index (χ3n) is 4.60. The summed E-state index contributed by atoms with van der Waals surface area (Å²) in [5.41, 5.74) is 3.33. The molecule has 0 N–H and O–H groups in total. The molecule has 0 radical (unpaired) electrons. The Labute approximate surface area is 175 Å². The number of methoxy groups -OCH3 is 4. The molecule has 2 aromatic carbocycles. The SMILES string of the molecule is COc1ccc(/C=C2\CSC/C(=C/c3ccc(OC)c(OC)c3)C2=O)cc1OC. The second kappa shape index (κ2) is 9.56. The lowest BCUT2D eigenvalue weighted by Gasteiger charge is -2.17. The highest BCUT2D eigenvalue weighted by Crippen LogP contribution is 2.32. The lowest BCUT2D eigenvalue weighted by molar-refractivity contribution is -0.112. The summed E-state index contributed by atoms with van der Waals surface area (Å²) in [6.45, 7) is 0. The van der Waals surface area contributed by atoms with E-state index in [-0.39, 0.29) is 5.78 Å². The normalized spacial score (nSPS) is 16.8. The zero-order valence-corrected chi connectivity index (χ0v) is 17.8. The second-order valence-electron chi connectivity index (χ2n) is 6.39. The Morgan fingerprint density at radius 1 is 0.690 bits per heavy atom. The molecule has 0 amide bonds. The van der Waals surface area contributed by atoms with Gasteiger partial charge in [-0.15, -0.1) is 0 Å². The molecule has 6 heteroatoms. The van der Waals surface area contributed by atoms with Crippen LogP contribution in [0.2, 0.25) is 0 Å². The fourth-order valence-corrected chi connectivity index (χ4v) is 4.08. The fraction of sp³-hybridized carbons (Fsp3) is 0.261. The van der Waals surface area contributed by atoms with Gasteiger partial charge < -0.3 is 18.9 Å². The van der Waals surface area contributed by atoms with Crippen LogP contribution in [0.4, 0.5) is 0 Å². The van der Waals surface area contributed by atoms with Gasteiger partial charge in [0.05, 0.1) is 28.4 Å². The van der Waals surface area contributed by atoms with Crippen LogP contribution < -0.4 is 18.9 Å². The van der Waals surface area contributed by atoms with Crippen molar-refractivity contribution in [2.45, 2.75) is 0 Å². The minimum Gasteiger partial charge on any atom is -0.493 e. The number of carbonyl (C=O) groups is 1. The van der Waals surface area contributed by atoms with Crippen LogP contribution in [0.25, 0.3) is 12.2 Å². The maximum absolute atomic E-state index is 13.0. The lowest BCUT2D eigenvalue weighted by Crippen LogP contribution is -2.16. The van der Waals surface area contributed by atoms with Gasteiger partial charge in [-0.1, -0.05) is 12.1 Å². The third kappa shape index (κ3) is 4.77. The van der Waals surface area contributed by atoms with Gasteiger partial charge in [0.2, 0.25) is 0 Å². The highest BCUT2D eigenvalue weighted by atomic mass is 32.2. The Morgan fingerprint density at radius 2 is 1.10 bits per heavy atom. The molecule has 0 saturated carbocycles. The molecule has 0 atom stereocenters. The summed E-state index contributed by atoms with van der Waals surface area (Å²) in [5.74, 6) is 4.01. The van der Waals surface area contributed by atoms with E-state index < -0.39 is 0 Å². The Balaban J connectivity index is 1.89. The number of benzene rings is 2. The van der Waals surface area contributed by atoms with Gasteiger partial charge in [-0.05, 0) is 47.5 Å². The van der Waals surface area contributed by atoms with Crippen molar-refractivity contribution in [3.8, 4) is 23.0 Å². The summed E-state index contributed by atoms with van der Waals surface area (Å²) in [6.07, 6.45) is 3.83. The Kier molecular flexibility index (Phi) is 6.88. The summed E-state index contributed by atoms with van der Waals surface area (Å²) >= 11 is 1.72. The summed E-state index contributed by atoms with van der Waals surface area (Å²) in [4.78, 5) is 13.0. The van der Waals surface area contributed by atoms with Crippen LogP contribution in [0.1, 0.15) is 11.1 Å². The summed E-state index contributed by atoms with van der Waals surface area (Å²) in [6, 6.07) is 11.3. The summed E-state index contributed by atoms with van der Waals surface area (Å²) < 4.78 is 21.3. The molecule has 0 aliphatic carbocycles. The number of hydrogen-bond acceptors (Lipinski definition) is 6. The van der Waals surface area contributed by atoms with E-state index in [4.69, 9.17) is 18.9 Å². The van der Waals surface area contributed by atoms with E-state index in [9.17, 15) is 4.79 Å². The largest absolute Gasteiger partial charge is 0.493 e. The first-order valence-electron chi connectivity index (χ1n) is 9.07. The fourth-order valence-electron chi connectivity index (χ4n) is 3.11. The van der Waals surface area contributed by atoms with Gasteiger partial charge in [-0.2, -0.15) is 11.8 Å². The van der Waals surface area contributed by atoms with Crippen molar-refractivity contribution in [2.24, 2.45) is 0 Å². The number of hydrogen-bond donors (Lipinski definition) is 0. The molecule has 1 aliphatic rings. The van der Waals surface area contributed by atoms with Crippen LogP contribution in [-0.4, -0.2) is 45.7 Å². The average Bonchev–Trinajstić information content (AvgIpc) is 2.76. The molecule has 3 rings (SSSR count). The lowest BCUT2D eigenvalue weighted by atomic mass is 10.00. The highest BCUT2D eigenvalue weighted by molar-refractivity contribution is 7.99. The second-order valence-corrected chi connectivity index (χ2v) is 7.38. The number of Topliss-reactive ketones (excluding diaryl/α,β-unsaturated/α-hetero) is 1. The van der Waals surface area contributed by atoms with Gasteiger partial charge in [0.1, 0.15) is 0 Å². The van der Waals surface area contributed by atoms with Gasteiger partial charge in [0.15, 0.2) is 28.8 Å². The quantitative estimate of drug-likeness (QED) is 0.651. The summed E-state index contributed by atoms with van der Waals surface area (Å²) in [7, 11) is 6.39. The minimum absolute atomic E-state index is 0.0633. The molecule has 0 aromatic heterocycles. The van der Waals surface area contributed by atoms with Crippen molar-refractivity contribution in [2.75, 3.05) is 39.9 Å². The maximum atomic E-state index is 13.0. The predicted octanol–water partition coefficient (Wildman–Crippen LogP) is 4.50. The third-order valence-corrected chi connectivity index (χ3v) is 5.63. The van der Waals surface area contributed by atoms with Crippen molar-refractivity contribution in [1.29, 1.82) is 0 Å². The first-order valence-corrected chi connectivity index (χ1v) is 10.2. The Bertz CT molecular complexity index is 886. The number of carbonyl (C=O) groups excluding carboxylic acids is 1. The molecule has 152 valence electrons. The molecule has 1 aliphatic heterocycles. The molecule has 2 aromatic rings. The zero-order chi connectivity index (χ0) is 20.8. The molecule has 1 heterocycles. The van der Waals surface area contributed by atoms with Crippen molar-refractivity contribution in [3.05, 3.63) is 58.7 Å². The molecular formula is C23H24O5S. The molecule has 29 heavy (non-hydrogen) atoms. The van der Waals surface area contributed by atoms with Crippen molar-refractivity contribution in [1.82, 2.24) is 0 Å². The van der Waals surface area contributed by atoms with Crippen LogP contribution in [0.15, 0.2) is 47.5 Å². The van der Waals surface area contributed by atoms with E-state index >= 15 is 0 Å². The van der Waals surface area contributed by atoms with Crippen molar-refractivity contribution < 1.29 is 23.7 Å². The molecule has 5 nitrogen and oxygen atoms in total. The number of ether oxygens (including phenoxy) is 4. The van der Waals surface area contributed by atoms with Crippen LogP contribution in [0.3, 0.4) is 0 Å². The average molecular weight is 413 g/mol. The topological polar surface area (TPSA) is 54.0 Å². The molecule has 1 saturated heterocycles. The Morgan fingerprint density at radius 3 is 1.48 bits per heavy atom. The van der Waals surface area contributed by atoms with E-state index in [1.807, 2.05) is 48.6 Å². The van der Waals surface area contributed by atoms with E-state index in [2.05, 4.69) is 0 Å². The van der Waals surface area contributed by atoms with Gasteiger partial charge >= 0.3 is 0 Å². The number of thioether (sulfide) groups is 1. The molecule has 0 unspecified atom stereocenters. The molecular weight excluding hydrogens is 388 g/mol. The predicted molar refractivity (Wildman–Crippen MR) is 117 cm³/mol. The van der Waals surface area contributed by atoms with Crippen LogP contribution in [0, 0.1) is 0 Å². The van der Waals surface area contributed by atoms with E-state index in [0.29, 0.717) is 34.5 Å². The van der Waals surface area contributed by atoms with Gasteiger partial charge in [-0.25, -0.2) is 0 Å². The Hall–Kier alpha value is -2.86. The van der Waals surface area contributed by atoms with Crippen molar-refractivity contribution in [3.63, 3.8) is 0 Å². The van der Waals surface area contributed by atoms with E-state index in [1.165, 1.54) is 0 Å². The van der Waals surface area contributed by atoms with Crippen LogP contribution >= 0.6 is 11.8 Å².